The summed E-state index contributed by atoms with van der Waals surface area (Å²) in [4.78, 5) is 17.7. The molecular weight excluding hydrogens is 320 g/mol. The van der Waals surface area contributed by atoms with Crippen molar-refractivity contribution in [1.82, 2.24) is 10.3 Å². The number of nitrogens with one attached hydrogen (secondary N) is 1. The van der Waals surface area contributed by atoms with Crippen LogP contribution in [-0.4, -0.2) is 10.9 Å². The number of aromatic nitrogens is 1. The Morgan fingerprint density at radius 1 is 1.25 bits per heavy atom. The van der Waals surface area contributed by atoms with Crippen LogP contribution >= 0.6 is 11.3 Å². The van der Waals surface area contributed by atoms with Gasteiger partial charge in [-0.15, -0.1) is 11.3 Å². The van der Waals surface area contributed by atoms with E-state index < -0.39 is 0 Å². The van der Waals surface area contributed by atoms with E-state index >= 15 is 0 Å². The van der Waals surface area contributed by atoms with Crippen LogP contribution in [0.4, 0.5) is 0 Å². The second kappa shape index (κ2) is 7.27. The number of benzene rings is 1. The second-order valence-electron chi connectivity index (χ2n) is 5.41. The van der Waals surface area contributed by atoms with Crippen molar-refractivity contribution >= 4 is 23.3 Å². The maximum absolute atomic E-state index is 12.1. The van der Waals surface area contributed by atoms with Gasteiger partial charge in [0.2, 0.25) is 5.91 Å². The van der Waals surface area contributed by atoms with Crippen LogP contribution in [0.3, 0.4) is 0 Å². The average molecular weight is 338 g/mol. The highest BCUT2D eigenvalue weighted by molar-refractivity contribution is 7.15. The van der Waals surface area contributed by atoms with Crippen LogP contribution in [0.5, 0.6) is 0 Å². The van der Waals surface area contributed by atoms with Gasteiger partial charge in [0.1, 0.15) is 10.8 Å². The van der Waals surface area contributed by atoms with Gasteiger partial charge < -0.3 is 9.73 Å². The maximum Gasteiger partial charge on any atom is 0.244 e. The molecule has 5 heteroatoms. The summed E-state index contributed by atoms with van der Waals surface area (Å²) in [5.74, 6) is 0.492. The summed E-state index contributed by atoms with van der Waals surface area (Å²) >= 11 is 1.61. The first-order valence-corrected chi connectivity index (χ1v) is 8.50. The van der Waals surface area contributed by atoms with Crippen LogP contribution in [-0.2, 0) is 4.79 Å². The van der Waals surface area contributed by atoms with E-state index in [0.29, 0.717) is 5.76 Å². The molecule has 0 fully saturated rings. The Labute approximate surface area is 144 Å². The fraction of sp³-hybridized carbons (Fsp3) is 0.158. The van der Waals surface area contributed by atoms with Crippen LogP contribution in [0.15, 0.2) is 59.2 Å². The summed E-state index contributed by atoms with van der Waals surface area (Å²) in [6.45, 7) is 3.94. The van der Waals surface area contributed by atoms with E-state index in [2.05, 4.69) is 10.3 Å². The minimum Gasteiger partial charge on any atom is -0.465 e. The predicted molar refractivity (Wildman–Crippen MR) is 96.6 cm³/mol. The third-order valence-electron chi connectivity index (χ3n) is 3.55. The van der Waals surface area contributed by atoms with Gasteiger partial charge in [-0.25, -0.2) is 4.98 Å². The fourth-order valence-corrected chi connectivity index (χ4v) is 3.46. The summed E-state index contributed by atoms with van der Waals surface area (Å²) in [5, 5.41) is 3.94. The van der Waals surface area contributed by atoms with E-state index in [-0.39, 0.29) is 11.9 Å². The van der Waals surface area contributed by atoms with Crippen molar-refractivity contribution < 1.29 is 9.21 Å². The smallest absolute Gasteiger partial charge is 0.244 e. The Morgan fingerprint density at radius 2 is 2.04 bits per heavy atom. The Morgan fingerprint density at radius 3 is 2.75 bits per heavy atom. The number of amides is 1. The Hall–Kier alpha value is -2.66. The molecule has 1 atom stereocenters. The molecule has 0 saturated carbocycles. The molecular formula is C19H18N2O2S. The number of nitrogens with zero attached hydrogens (tertiary/aromatic N) is 1. The summed E-state index contributed by atoms with van der Waals surface area (Å²) in [7, 11) is 0. The van der Waals surface area contributed by atoms with E-state index in [1.165, 1.54) is 6.08 Å². The lowest BCUT2D eigenvalue weighted by atomic mass is 10.2. The quantitative estimate of drug-likeness (QED) is 0.692. The third kappa shape index (κ3) is 3.81. The molecule has 1 aromatic carbocycles. The third-order valence-corrected chi connectivity index (χ3v) is 4.94. The molecule has 1 unspecified atom stereocenters. The molecule has 4 nitrogen and oxygen atoms in total. The van der Waals surface area contributed by atoms with Crippen molar-refractivity contribution in [1.29, 1.82) is 0 Å². The van der Waals surface area contributed by atoms with E-state index in [0.717, 1.165) is 21.1 Å². The summed E-state index contributed by atoms with van der Waals surface area (Å²) in [6.07, 6.45) is 4.70. The van der Waals surface area contributed by atoms with Gasteiger partial charge in [-0.1, -0.05) is 30.3 Å². The van der Waals surface area contributed by atoms with E-state index in [1.54, 1.807) is 35.8 Å². The van der Waals surface area contributed by atoms with Gasteiger partial charge in [0.15, 0.2) is 0 Å². The van der Waals surface area contributed by atoms with E-state index in [4.69, 9.17) is 4.42 Å². The van der Waals surface area contributed by atoms with E-state index in [9.17, 15) is 4.79 Å². The highest BCUT2D eigenvalue weighted by atomic mass is 32.1. The number of furan rings is 1. The molecule has 0 saturated heterocycles. The molecule has 1 amide bonds. The van der Waals surface area contributed by atoms with Crippen molar-refractivity contribution in [3.63, 3.8) is 0 Å². The number of thiazole rings is 1. The van der Waals surface area contributed by atoms with Gasteiger partial charge in [0, 0.05) is 11.6 Å². The Balaban J connectivity index is 1.70. The number of carbonyl (C=O) groups is 1. The van der Waals surface area contributed by atoms with Crippen LogP contribution < -0.4 is 5.32 Å². The van der Waals surface area contributed by atoms with Crippen molar-refractivity contribution in [2.75, 3.05) is 0 Å². The number of hydrogen-bond acceptors (Lipinski definition) is 4. The molecule has 1 N–H and O–H groups in total. The maximum atomic E-state index is 12.1. The molecule has 2 heterocycles. The monoisotopic (exact) mass is 338 g/mol. The minimum atomic E-state index is -0.159. The first-order chi connectivity index (χ1) is 11.6. The normalized spacial score (nSPS) is 12.4. The molecule has 0 aliphatic heterocycles. The molecule has 0 aliphatic rings. The van der Waals surface area contributed by atoms with Crippen LogP contribution in [0, 0.1) is 6.92 Å². The van der Waals surface area contributed by atoms with Crippen molar-refractivity contribution in [2.24, 2.45) is 0 Å². The molecule has 0 radical (unpaired) electrons. The number of aryl methyl sites for hydroxylation is 1. The fourth-order valence-electron chi connectivity index (χ4n) is 2.39. The summed E-state index contributed by atoms with van der Waals surface area (Å²) in [5.41, 5.74) is 2.04. The van der Waals surface area contributed by atoms with Crippen LogP contribution in [0.2, 0.25) is 0 Å². The van der Waals surface area contributed by atoms with Gasteiger partial charge in [-0.2, -0.15) is 0 Å². The highest BCUT2D eigenvalue weighted by Crippen LogP contribution is 2.31. The topological polar surface area (TPSA) is 55.1 Å². The van der Waals surface area contributed by atoms with Gasteiger partial charge in [0.25, 0.3) is 0 Å². The average Bonchev–Trinajstić information content (AvgIpc) is 3.23. The Kier molecular flexibility index (Phi) is 4.91. The number of rotatable bonds is 5. The van der Waals surface area contributed by atoms with Crippen LogP contribution in [0.25, 0.3) is 16.6 Å². The molecule has 24 heavy (non-hydrogen) atoms. The number of carbonyl (C=O) groups excluding carboxylic acids is 1. The predicted octanol–water partition coefficient (Wildman–Crippen LogP) is 4.60. The lowest BCUT2D eigenvalue weighted by Gasteiger charge is -2.10. The first-order valence-electron chi connectivity index (χ1n) is 7.68. The summed E-state index contributed by atoms with van der Waals surface area (Å²) in [6, 6.07) is 13.5. The highest BCUT2D eigenvalue weighted by Gasteiger charge is 2.16. The zero-order chi connectivity index (χ0) is 16.9. The van der Waals surface area contributed by atoms with Gasteiger partial charge in [0.05, 0.1) is 22.9 Å². The molecule has 2 aromatic heterocycles. The molecule has 3 rings (SSSR count). The minimum absolute atomic E-state index is 0.103. The SMILES string of the molecule is Cc1nc(-c2ccccc2)sc1C(C)NC(=O)/C=C/c1ccco1. The molecule has 0 spiro atoms. The van der Waals surface area contributed by atoms with Crippen molar-refractivity contribution in [3.05, 3.63) is 71.1 Å². The lowest BCUT2D eigenvalue weighted by molar-refractivity contribution is -0.117. The zero-order valence-electron chi connectivity index (χ0n) is 13.5. The standard InChI is InChI=1S/C19H18N2O2S/c1-13(20-17(22)11-10-16-9-6-12-23-16)18-14(2)21-19(24-18)15-7-4-3-5-8-15/h3-13H,1-2H3,(H,20,22)/b11-10+. The second-order valence-corrected chi connectivity index (χ2v) is 6.44. The molecule has 3 aromatic rings. The van der Waals surface area contributed by atoms with Gasteiger partial charge in [-0.05, 0) is 32.1 Å². The molecule has 122 valence electrons. The van der Waals surface area contributed by atoms with Gasteiger partial charge in [-0.3, -0.25) is 4.79 Å². The molecule has 0 bridgehead atoms. The largest absolute Gasteiger partial charge is 0.465 e. The Bertz CT molecular complexity index is 836. The summed E-state index contributed by atoms with van der Waals surface area (Å²) < 4.78 is 5.17. The zero-order valence-corrected chi connectivity index (χ0v) is 14.3. The molecule has 0 aliphatic carbocycles. The first kappa shape index (κ1) is 16.2. The lowest BCUT2D eigenvalue weighted by Crippen LogP contribution is -2.24. The van der Waals surface area contributed by atoms with E-state index in [1.807, 2.05) is 44.2 Å². The van der Waals surface area contributed by atoms with Crippen molar-refractivity contribution in [3.8, 4) is 10.6 Å². The number of hydrogen-bond donors (Lipinski definition) is 1. The van der Waals surface area contributed by atoms with Crippen molar-refractivity contribution in [2.45, 2.75) is 19.9 Å². The van der Waals surface area contributed by atoms with Crippen LogP contribution in [0.1, 0.15) is 29.3 Å². The van der Waals surface area contributed by atoms with Gasteiger partial charge >= 0.3 is 0 Å².